The molecule has 1 atom stereocenters. The zero-order valence-electron chi connectivity index (χ0n) is 8.06. The predicted molar refractivity (Wildman–Crippen MR) is 51.8 cm³/mol. The van der Waals surface area contributed by atoms with Crippen LogP contribution >= 0.6 is 0 Å². The van der Waals surface area contributed by atoms with E-state index in [0.717, 1.165) is 6.54 Å². The molecule has 0 saturated carbocycles. The lowest BCUT2D eigenvalue weighted by Gasteiger charge is -2.13. The quantitative estimate of drug-likeness (QED) is 0.582. The molecule has 0 aromatic carbocycles. The van der Waals surface area contributed by atoms with E-state index in [1.165, 1.54) is 19.3 Å². The number of nitrogens with one attached hydrogen (secondary N) is 1. The van der Waals surface area contributed by atoms with Crippen molar-refractivity contribution >= 4 is 0 Å². The summed E-state index contributed by atoms with van der Waals surface area (Å²) in [7, 11) is 0. The summed E-state index contributed by atoms with van der Waals surface area (Å²) in [4.78, 5) is 0. The lowest BCUT2D eigenvalue weighted by Crippen LogP contribution is -2.28. The minimum absolute atomic E-state index is 0.686. The average molecular weight is 155 g/mol. The highest BCUT2D eigenvalue weighted by Crippen LogP contribution is 1.98. The Labute approximate surface area is 70.9 Å². The largest absolute Gasteiger partial charge is 0.314 e. The first kappa shape index (κ1) is 10.7. The summed E-state index contributed by atoms with van der Waals surface area (Å²) in [6.45, 7) is 7.66. The van der Waals surface area contributed by atoms with E-state index in [1.807, 2.05) is 0 Å². The normalized spacial score (nSPS) is 14.1. The van der Waals surface area contributed by atoms with Gasteiger partial charge in [-0.05, 0) is 32.7 Å². The van der Waals surface area contributed by atoms with Crippen molar-refractivity contribution in [2.75, 3.05) is 6.54 Å². The molecule has 0 aliphatic heterocycles. The Bertz CT molecular complexity index is 97.0. The van der Waals surface area contributed by atoms with Crippen LogP contribution in [-0.2, 0) is 0 Å². The van der Waals surface area contributed by atoms with Crippen LogP contribution in [0.2, 0.25) is 0 Å². The van der Waals surface area contributed by atoms with Crippen molar-refractivity contribution in [1.82, 2.24) is 5.32 Å². The molecule has 66 valence electrons. The van der Waals surface area contributed by atoms with Crippen LogP contribution in [0.15, 0.2) is 12.2 Å². The fraction of sp³-hybridized carbons (Fsp3) is 0.800. The van der Waals surface area contributed by atoms with Crippen LogP contribution < -0.4 is 5.32 Å². The molecule has 0 aliphatic rings. The van der Waals surface area contributed by atoms with Crippen molar-refractivity contribution in [3.05, 3.63) is 12.2 Å². The van der Waals surface area contributed by atoms with Gasteiger partial charge in [0.05, 0.1) is 0 Å². The van der Waals surface area contributed by atoms with Crippen LogP contribution in [0.5, 0.6) is 0 Å². The lowest BCUT2D eigenvalue weighted by molar-refractivity contribution is 0.501. The van der Waals surface area contributed by atoms with Gasteiger partial charge in [0, 0.05) is 6.04 Å². The monoisotopic (exact) mass is 155 g/mol. The minimum atomic E-state index is 0.686. The Kier molecular flexibility index (Phi) is 7.59. The summed E-state index contributed by atoms with van der Waals surface area (Å²) in [6.07, 6.45) is 7.98. The standard InChI is InChI=1S/C10H21N/c1-4-7-8-10(6-3)11-9-5-2/h4,7,10-11H,5-6,8-9H2,1-3H3/b7-4-. The first-order valence-corrected chi connectivity index (χ1v) is 4.69. The molecule has 0 radical (unpaired) electrons. The highest BCUT2D eigenvalue weighted by molar-refractivity contribution is 4.82. The van der Waals surface area contributed by atoms with Crippen molar-refractivity contribution < 1.29 is 0 Å². The lowest BCUT2D eigenvalue weighted by atomic mass is 10.1. The van der Waals surface area contributed by atoms with E-state index in [2.05, 4.69) is 38.2 Å². The molecule has 0 heterocycles. The number of rotatable bonds is 6. The Morgan fingerprint density at radius 3 is 2.55 bits per heavy atom. The van der Waals surface area contributed by atoms with Crippen LogP contribution in [0.25, 0.3) is 0 Å². The topological polar surface area (TPSA) is 12.0 Å². The molecule has 0 aliphatic carbocycles. The molecule has 0 aromatic rings. The molecule has 1 heteroatoms. The second kappa shape index (κ2) is 7.80. The predicted octanol–water partition coefficient (Wildman–Crippen LogP) is 2.73. The summed E-state index contributed by atoms with van der Waals surface area (Å²) in [5.74, 6) is 0. The van der Waals surface area contributed by atoms with Crippen LogP contribution in [0.3, 0.4) is 0 Å². The van der Waals surface area contributed by atoms with Gasteiger partial charge in [-0.15, -0.1) is 0 Å². The highest BCUT2D eigenvalue weighted by atomic mass is 14.9. The number of hydrogen-bond donors (Lipinski definition) is 1. The van der Waals surface area contributed by atoms with E-state index in [1.54, 1.807) is 0 Å². The summed E-state index contributed by atoms with van der Waals surface area (Å²) in [5.41, 5.74) is 0. The van der Waals surface area contributed by atoms with Gasteiger partial charge in [-0.1, -0.05) is 26.0 Å². The third kappa shape index (κ3) is 6.11. The minimum Gasteiger partial charge on any atom is -0.314 e. The van der Waals surface area contributed by atoms with E-state index in [0.29, 0.717) is 6.04 Å². The Hall–Kier alpha value is -0.300. The Balaban J connectivity index is 3.40. The van der Waals surface area contributed by atoms with E-state index in [-0.39, 0.29) is 0 Å². The molecule has 11 heavy (non-hydrogen) atoms. The van der Waals surface area contributed by atoms with Gasteiger partial charge >= 0.3 is 0 Å². The van der Waals surface area contributed by atoms with Crippen LogP contribution in [0, 0.1) is 0 Å². The zero-order chi connectivity index (χ0) is 8.53. The van der Waals surface area contributed by atoms with Crippen molar-refractivity contribution in [2.24, 2.45) is 0 Å². The molecule has 1 unspecified atom stereocenters. The smallest absolute Gasteiger partial charge is 0.00989 e. The second-order valence-corrected chi connectivity index (χ2v) is 2.86. The van der Waals surface area contributed by atoms with E-state index in [9.17, 15) is 0 Å². The van der Waals surface area contributed by atoms with Crippen molar-refractivity contribution in [2.45, 2.75) is 46.1 Å². The molecule has 0 bridgehead atoms. The Morgan fingerprint density at radius 2 is 2.09 bits per heavy atom. The third-order valence-corrected chi connectivity index (χ3v) is 1.83. The molecule has 0 amide bonds. The molecular weight excluding hydrogens is 134 g/mol. The van der Waals surface area contributed by atoms with E-state index in [4.69, 9.17) is 0 Å². The maximum atomic E-state index is 3.50. The molecule has 0 rings (SSSR count). The zero-order valence-corrected chi connectivity index (χ0v) is 8.06. The van der Waals surface area contributed by atoms with Gasteiger partial charge in [0.25, 0.3) is 0 Å². The molecule has 0 saturated heterocycles. The van der Waals surface area contributed by atoms with E-state index < -0.39 is 0 Å². The van der Waals surface area contributed by atoms with Crippen LogP contribution in [0.1, 0.15) is 40.0 Å². The van der Waals surface area contributed by atoms with Crippen molar-refractivity contribution in [3.63, 3.8) is 0 Å². The van der Waals surface area contributed by atoms with Gasteiger partial charge in [-0.3, -0.25) is 0 Å². The van der Waals surface area contributed by atoms with Crippen LogP contribution in [-0.4, -0.2) is 12.6 Å². The van der Waals surface area contributed by atoms with Crippen molar-refractivity contribution in [3.8, 4) is 0 Å². The maximum absolute atomic E-state index is 3.50. The average Bonchev–Trinajstić information content (AvgIpc) is 2.05. The first-order chi connectivity index (χ1) is 5.35. The van der Waals surface area contributed by atoms with Gasteiger partial charge < -0.3 is 5.32 Å². The molecule has 1 nitrogen and oxygen atoms in total. The third-order valence-electron chi connectivity index (χ3n) is 1.83. The molecule has 0 aromatic heterocycles. The highest BCUT2D eigenvalue weighted by Gasteiger charge is 2.00. The summed E-state index contributed by atoms with van der Waals surface area (Å²) in [5, 5.41) is 3.50. The number of hydrogen-bond acceptors (Lipinski definition) is 1. The molecule has 0 spiro atoms. The van der Waals surface area contributed by atoms with E-state index >= 15 is 0 Å². The van der Waals surface area contributed by atoms with Gasteiger partial charge in [0.2, 0.25) is 0 Å². The number of allylic oxidation sites excluding steroid dienone is 1. The van der Waals surface area contributed by atoms with Gasteiger partial charge in [0.1, 0.15) is 0 Å². The molecule has 1 N–H and O–H groups in total. The second-order valence-electron chi connectivity index (χ2n) is 2.86. The SMILES string of the molecule is C/C=C\CC(CC)NCCC. The molecule has 0 fully saturated rings. The fourth-order valence-electron chi connectivity index (χ4n) is 1.04. The molecular formula is C10H21N. The first-order valence-electron chi connectivity index (χ1n) is 4.69. The maximum Gasteiger partial charge on any atom is 0.00989 e. The van der Waals surface area contributed by atoms with Crippen molar-refractivity contribution in [1.29, 1.82) is 0 Å². The van der Waals surface area contributed by atoms with Gasteiger partial charge in [0.15, 0.2) is 0 Å². The summed E-state index contributed by atoms with van der Waals surface area (Å²) < 4.78 is 0. The van der Waals surface area contributed by atoms with Gasteiger partial charge in [-0.2, -0.15) is 0 Å². The van der Waals surface area contributed by atoms with Gasteiger partial charge in [-0.25, -0.2) is 0 Å². The fourth-order valence-corrected chi connectivity index (χ4v) is 1.04. The Morgan fingerprint density at radius 1 is 1.36 bits per heavy atom. The summed E-state index contributed by atoms with van der Waals surface area (Å²) in [6, 6.07) is 0.686. The van der Waals surface area contributed by atoms with Crippen LogP contribution in [0.4, 0.5) is 0 Å². The summed E-state index contributed by atoms with van der Waals surface area (Å²) >= 11 is 0.